The Balaban J connectivity index is 1.78. The predicted octanol–water partition coefficient (Wildman–Crippen LogP) is 1.45. The zero-order valence-corrected chi connectivity index (χ0v) is 13.3. The standard InChI is InChI=1S/C17H24N4O2/c18-12-4-3-11(9-12)17(23)20-13-5-6-14(16(19)22)15(10-13)21-7-1-2-8-21/h5-6,10-12H,1-4,7-9,18H2,(H2,19,22)(H,20,23)/t11-,12+/m0/s1. The van der Waals surface area contributed by atoms with Gasteiger partial charge in [-0.15, -0.1) is 0 Å². The summed E-state index contributed by atoms with van der Waals surface area (Å²) in [5, 5.41) is 2.96. The van der Waals surface area contributed by atoms with Gasteiger partial charge in [0.1, 0.15) is 0 Å². The van der Waals surface area contributed by atoms with Crippen LogP contribution >= 0.6 is 0 Å². The van der Waals surface area contributed by atoms with Gasteiger partial charge in [-0.05, 0) is 50.3 Å². The van der Waals surface area contributed by atoms with Crippen molar-refractivity contribution in [3.05, 3.63) is 23.8 Å². The summed E-state index contributed by atoms with van der Waals surface area (Å²) >= 11 is 0. The molecule has 6 heteroatoms. The third kappa shape index (κ3) is 3.47. The average Bonchev–Trinajstić information content (AvgIpc) is 3.18. The minimum atomic E-state index is -0.438. The molecule has 1 heterocycles. The van der Waals surface area contributed by atoms with Crippen LogP contribution in [0.4, 0.5) is 11.4 Å². The van der Waals surface area contributed by atoms with Crippen LogP contribution in [0.1, 0.15) is 42.5 Å². The van der Waals surface area contributed by atoms with E-state index in [4.69, 9.17) is 11.5 Å². The molecule has 1 aromatic rings. The predicted molar refractivity (Wildman–Crippen MR) is 90.4 cm³/mol. The van der Waals surface area contributed by atoms with E-state index in [1.54, 1.807) is 12.1 Å². The second-order valence-electron chi connectivity index (χ2n) is 6.55. The first-order valence-corrected chi connectivity index (χ1v) is 8.30. The Kier molecular flexibility index (Phi) is 4.52. The maximum absolute atomic E-state index is 12.3. The van der Waals surface area contributed by atoms with Crippen LogP contribution < -0.4 is 21.7 Å². The lowest BCUT2D eigenvalue weighted by Crippen LogP contribution is -2.25. The van der Waals surface area contributed by atoms with E-state index in [9.17, 15) is 9.59 Å². The van der Waals surface area contributed by atoms with E-state index in [1.807, 2.05) is 6.07 Å². The highest BCUT2D eigenvalue weighted by molar-refractivity contribution is 6.01. The molecule has 2 aliphatic rings. The first-order chi connectivity index (χ1) is 11.0. The van der Waals surface area contributed by atoms with E-state index >= 15 is 0 Å². The molecule has 0 spiro atoms. The van der Waals surface area contributed by atoms with Gasteiger partial charge in [0.05, 0.1) is 11.3 Å². The summed E-state index contributed by atoms with van der Waals surface area (Å²) in [6.45, 7) is 1.82. The SMILES string of the molecule is NC(=O)c1ccc(NC(=O)[C@H]2CC[C@@H](N)C2)cc1N1CCCC1. The van der Waals surface area contributed by atoms with Gasteiger partial charge in [0, 0.05) is 30.7 Å². The third-order valence-corrected chi connectivity index (χ3v) is 4.82. The van der Waals surface area contributed by atoms with E-state index < -0.39 is 5.91 Å². The Labute approximate surface area is 136 Å². The number of benzene rings is 1. The fourth-order valence-corrected chi connectivity index (χ4v) is 3.54. The molecule has 1 aliphatic heterocycles. The summed E-state index contributed by atoms with van der Waals surface area (Å²) < 4.78 is 0. The van der Waals surface area contributed by atoms with Gasteiger partial charge >= 0.3 is 0 Å². The molecule has 1 saturated carbocycles. The normalized spacial score (nSPS) is 24.0. The van der Waals surface area contributed by atoms with Crippen molar-refractivity contribution in [2.75, 3.05) is 23.3 Å². The Morgan fingerprint density at radius 2 is 1.91 bits per heavy atom. The molecule has 2 amide bonds. The van der Waals surface area contributed by atoms with Crippen molar-refractivity contribution < 1.29 is 9.59 Å². The Morgan fingerprint density at radius 1 is 1.17 bits per heavy atom. The smallest absolute Gasteiger partial charge is 0.250 e. The number of anilines is 2. The fraction of sp³-hybridized carbons (Fsp3) is 0.529. The monoisotopic (exact) mass is 316 g/mol. The molecule has 3 rings (SSSR count). The van der Waals surface area contributed by atoms with Crippen LogP contribution in [-0.4, -0.2) is 30.9 Å². The second-order valence-corrected chi connectivity index (χ2v) is 6.55. The molecule has 2 fully saturated rings. The molecule has 0 bridgehead atoms. The maximum Gasteiger partial charge on any atom is 0.250 e. The molecular weight excluding hydrogens is 292 g/mol. The molecule has 1 saturated heterocycles. The maximum atomic E-state index is 12.3. The average molecular weight is 316 g/mol. The first-order valence-electron chi connectivity index (χ1n) is 8.30. The molecule has 0 unspecified atom stereocenters. The zero-order chi connectivity index (χ0) is 16.4. The van der Waals surface area contributed by atoms with E-state index in [2.05, 4.69) is 10.2 Å². The van der Waals surface area contributed by atoms with Gasteiger partial charge in [0.15, 0.2) is 0 Å². The number of primary amides is 1. The fourth-order valence-electron chi connectivity index (χ4n) is 3.54. The Hall–Kier alpha value is -2.08. The van der Waals surface area contributed by atoms with Crippen LogP contribution in [0.15, 0.2) is 18.2 Å². The van der Waals surface area contributed by atoms with Crippen LogP contribution in [0.2, 0.25) is 0 Å². The molecular formula is C17H24N4O2. The molecule has 6 nitrogen and oxygen atoms in total. The molecule has 5 N–H and O–H groups in total. The van der Waals surface area contributed by atoms with Gasteiger partial charge in [-0.1, -0.05) is 0 Å². The van der Waals surface area contributed by atoms with Crippen molar-refractivity contribution in [3.63, 3.8) is 0 Å². The van der Waals surface area contributed by atoms with Gasteiger partial charge in [0.2, 0.25) is 5.91 Å². The summed E-state index contributed by atoms with van der Waals surface area (Å²) in [4.78, 5) is 26.1. The Bertz CT molecular complexity index is 611. The highest BCUT2D eigenvalue weighted by Crippen LogP contribution is 2.29. The third-order valence-electron chi connectivity index (χ3n) is 4.82. The molecule has 1 aliphatic carbocycles. The number of nitrogens with one attached hydrogen (secondary N) is 1. The number of nitrogens with two attached hydrogens (primary N) is 2. The molecule has 0 radical (unpaired) electrons. The van der Waals surface area contributed by atoms with Gasteiger partial charge in [-0.3, -0.25) is 9.59 Å². The van der Waals surface area contributed by atoms with Crippen LogP contribution in [0.5, 0.6) is 0 Å². The summed E-state index contributed by atoms with van der Waals surface area (Å²) in [5.41, 5.74) is 13.4. The minimum Gasteiger partial charge on any atom is -0.371 e. The zero-order valence-electron chi connectivity index (χ0n) is 13.3. The number of rotatable bonds is 4. The van der Waals surface area contributed by atoms with E-state index in [-0.39, 0.29) is 17.9 Å². The summed E-state index contributed by atoms with van der Waals surface area (Å²) in [7, 11) is 0. The second kappa shape index (κ2) is 6.58. The lowest BCUT2D eigenvalue weighted by atomic mass is 10.1. The number of hydrogen-bond acceptors (Lipinski definition) is 4. The van der Waals surface area contributed by atoms with Crippen LogP contribution in [0, 0.1) is 5.92 Å². The van der Waals surface area contributed by atoms with Gasteiger partial charge in [-0.25, -0.2) is 0 Å². The molecule has 2 atom stereocenters. The highest BCUT2D eigenvalue weighted by atomic mass is 16.2. The topological polar surface area (TPSA) is 101 Å². The highest BCUT2D eigenvalue weighted by Gasteiger charge is 2.28. The van der Waals surface area contributed by atoms with Crippen LogP contribution in [0.25, 0.3) is 0 Å². The summed E-state index contributed by atoms with van der Waals surface area (Å²) in [5.74, 6) is -0.445. The minimum absolute atomic E-state index is 0.0112. The number of nitrogens with zero attached hydrogens (tertiary/aromatic N) is 1. The van der Waals surface area contributed by atoms with E-state index in [0.29, 0.717) is 11.3 Å². The number of carbonyl (C=O) groups is 2. The van der Waals surface area contributed by atoms with Crippen molar-refractivity contribution in [2.45, 2.75) is 38.1 Å². The van der Waals surface area contributed by atoms with Crippen molar-refractivity contribution >= 4 is 23.2 Å². The van der Waals surface area contributed by atoms with Gasteiger partial charge in [-0.2, -0.15) is 0 Å². The van der Waals surface area contributed by atoms with Crippen molar-refractivity contribution in [2.24, 2.45) is 17.4 Å². The summed E-state index contributed by atoms with van der Waals surface area (Å²) in [6.07, 6.45) is 4.69. The number of hydrogen-bond donors (Lipinski definition) is 3. The van der Waals surface area contributed by atoms with Crippen molar-refractivity contribution in [3.8, 4) is 0 Å². The quantitative estimate of drug-likeness (QED) is 0.782. The van der Waals surface area contributed by atoms with Crippen molar-refractivity contribution in [1.29, 1.82) is 0 Å². The lowest BCUT2D eigenvalue weighted by Gasteiger charge is -2.21. The largest absolute Gasteiger partial charge is 0.371 e. The molecule has 0 aromatic heterocycles. The van der Waals surface area contributed by atoms with E-state index in [1.165, 1.54) is 0 Å². The lowest BCUT2D eigenvalue weighted by molar-refractivity contribution is -0.119. The van der Waals surface area contributed by atoms with Crippen LogP contribution in [-0.2, 0) is 4.79 Å². The van der Waals surface area contributed by atoms with Gasteiger partial charge in [0.25, 0.3) is 5.91 Å². The van der Waals surface area contributed by atoms with E-state index in [0.717, 1.165) is 50.9 Å². The molecule has 23 heavy (non-hydrogen) atoms. The number of amides is 2. The first kappa shape index (κ1) is 15.8. The van der Waals surface area contributed by atoms with Crippen molar-refractivity contribution in [1.82, 2.24) is 0 Å². The molecule has 1 aromatic carbocycles. The summed E-state index contributed by atoms with van der Waals surface area (Å²) in [6, 6.07) is 5.43. The van der Waals surface area contributed by atoms with Crippen LogP contribution in [0.3, 0.4) is 0 Å². The number of carbonyl (C=O) groups excluding carboxylic acids is 2. The van der Waals surface area contributed by atoms with Gasteiger partial charge < -0.3 is 21.7 Å². The molecule has 124 valence electrons. The Morgan fingerprint density at radius 3 is 2.52 bits per heavy atom.